The van der Waals surface area contributed by atoms with Gasteiger partial charge in [-0.1, -0.05) is 41.4 Å². The number of sulfonamides is 1. The molecule has 7 nitrogen and oxygen atoms in total. The van der Waals surface area contributed by atoms with Crippen molar-refractivity contribution in [3.05, 3.63) is 76.3 Å². The monoisotopic (exact) mass is 480 g/mol. The van der Waals surface area contributed by atoms with Crippen molar-refractivity contribution in [3.8, 4) is 11.5 Å². The van der Waals surface area contributed by atoms with Gasteiger partial charge in [0.25, 0.3) is 15.9 Å². The Morgan fingerprint density at radius 2 is 1.58 bits per heavy atom. The molecule has 0 saturated carbocycles. The SMILES string of the molecule is COc1ccccc1NS(=O)(=O)c1cccc(NC(=O)c2cc(Cl)c(OC)c(Cl)c2)c1. The fourth-order valence-corrected chi connectivity index (χ4v) is 4.52. The van der Waals surface area contributed by atoms with E-state index in [1.165, 1.54) is 44.6 Å². The lowest BCUT2D eigenvalue weighted by atomic mass is 10.2. The maximum Gasteiger partial charge on any atom is 0.262 e. The Labute approximate surface area is 189 Å². The zero-order chi connectivity index (χ0) is 22.6. The predicted molar refractivity (Wildman–Crippen MR) is 121 cm³/mol. The highest BCUT2D eigenvalue weighted by Gasteiger charge is 2.18. The maximum atomic E-state index is 12.8. The Balaban J connectivity index is 1.84. The number of rotatable bonds is 7. The molecule has 0 aliphatic heterocycles. The predicted octanol–water partition coefficient (Wildman–Crippen LogP) is 5.06. The van der Waals surface area contributed by atoms with Gasteiger partial charge in [0.15, 0.2) is 5.75 Å². The molecule has 3 rings (SSSR count). The topological polar surface area (TPSA) is 93.7 Å². The van der Waals surface area contributed by atoms with Crippen molar-refractivity contribution in [1.82, 2.24) is 0 Å². The molecule has 0 fully saturated rings. The summed E-state index contributed by atoms with van der Waals surface area (Å²) < 4.78 is 38.3. The summed E-state index contributed by atoms with van der Waals surface area (Å²) >= 11 is 12.2. The van der Waals surface area contributed by atoms with Crippen LogP contribution in [0.15, 0.2) is 65.6 Å². The van der Waals surface area contributed by atoms with Gasteiger partial charge < -0.3 is 14.8 Å². The maximum absolute atomic E-state index is 12.8. The Bertz CT molecular complexity index is 1210. The molecule has 1 amide bonds. The minimum atomic E-state index is -3.93. The van der Waals surface area contributed by atoms with Crippen molar-refractivity contribution < 1.29 is 22.7 Å². The van der Waals surface area contributed by atoms with Crippen LogP contribution in [0.4, 0.5) is 11.4 Å². The average Bonchev–Trinajstić information content (AvgIpc) is 2.74. The summed E-state index contributed by atoms with van der Waals surface area (Å²) in [6.45, 7) is 0. The van der Waals surface area contributed by atoms with Crippen LogP contribution in [-0.2, 0) is 10.0 Å². The number of anilines is 2. The van der Waals surface area contributed by atoms with Crippen LogP contribution in [0.3, 0.4) is 0 Å². The van der Waals surface area contributed by atoms with Crippen LogP contribution >= 0.6 is 23.2 Å². The number of nitrogens with one attached hydrogen (secondary N) is 2. The van der Waals surface area contributed by atoms with E-state index in [9.17, 15) is 13.2 Å². The van der Waals surface area contributed by atoms with Crippen LogP contribution in [-0.4, -0.2) is 28.5 Å². The second kappa shape index (κ2) is 9.47. The van der Waals surface area contributed by atoms with Gasteiger partial charge in [-0.25, -0.2) is 8.42 Å². The first-order valence-electron chi connectivity index (χ1n) is 8.85. The first-order valence-corrected chi connectivity index (χ1v) is 11.1. The average molecular weight is 481 g/mol. The molecule has 0 radical (unpaired) electrons. The number of ether oxygens (including phenoxy) is 2. The van der Waals surface area contributed by atoms with E-state index in [-0.39, 0.29) is 31.9 Å². The summed E-state index contributed by atoms with van der Waals surface area (Å²) in [6, 6.07) is 15.3. The number of carbonyl (C=O) groups is 1. The van der Waals surface area contributed by atoms with E-state index >= 15 is 0 Å². The Kier molecular flexibility index (Phi) is 6.94. The molecule has 3 aromatic carbocycles. The molecule has 0 unspecified atom stereocenters. The Morgan fingerprint density at radius 1 is 0.903 bits per heavy atom. The van der Waals surface area contributed by atoms with E-state index in [2.05, 4.69) is 10.0 Å². The van der Waals surface area contributed by atoms with Crippen LogP contribution < -0.4 is 19.5 Å². The van der Waals surface area contributed by atoms with Crippen molar-refractivity contribution in [3.63, 3.8) is 0 Å². The number of amides is 1. The highest BCUT2D eigenvalue weighted by molar-refractivity contribution is 7.92. The molecular weight excluding hydrogens is 463 g/mol. The van der Waals surface area contributed by atoms with Gasteiger partial charge >= 0.3 is 0 Å². The number of para-hydroxylation sites is 2. The lowest BCUT2D eigenvalue weighted by Crippen LogP contribution is -2.15. The molecule has 0 saturated heterocycles. The van der Waals surface area contributed by atoms with E-state index in [0.29, 0.717) is 11.4 Å². The van der Waals surface area contributed by atoms with Gasteiger partial charge in [0.1, 0.15) is 5.75 Å². The van der Waals surface area contributed by atoms with Gasteiger partial charge in [-0.15, -0.1) is 0 Å². The molecule has 0 bridgehead atoms. The molecule has 10 heteroatoms. The molecule has 3 aromatic rings. The van der Waals surface area contributed by atoms with Gasteiger partial charge in [-0.05, 0) is 42.5 Å². The molecular formula is C21H18Cl2N2O5S. The summed E-state index contributed by atoms with van der Waals surface area (Å²) in [6.07, 6.45) is 0. The van der Waals surface area contributed by atoms with Crippen LogP contribution in [0.25, 0.3) is 0 Å². The van der Waals surface area contributed by atoms with Crippen LogP contribution in [0.5, 0.6) is 11.5 Å². The zero-order valence-corrected chi connectivity index (χ0v) is 18.8. The fraction of sp³-hybridized carbons (Fsp3) is 0.0952. The van der Waals surface area contributed by atoms with E-state index in [4.69, 9.17) is 32.7 Å². The third-order valence-electron chi connectivity index (χ3n) is 4.22. The summed E-state index contributed by atoms with van der Waals surface area (Å²) in [7, 11) is -1.07. The lowest BCUT2D eigenvalue weighted by molar-refractivity contribution is 0.102. The molecule has 0 heterocycles. The highest BCUT2D eigenvalue weighted by atomic mass is 35.5. The molecule has 0 atom stereocenters. The summed E-state index contributed by atoms with van der Waals surface area (Å²) in [5.74, 6) is 0.123. The van der Waals surface area contributed by atoms with Gasteiger partial charge in [0.2, 0.25) is 0 Å². The second-order valence-electron chi connectivity index (χ2n) is 6.26. The van der Waals surface area contributed by atoms with Crippen LogP contribution in [0.2, 0.25) is 10.0 Å². The summed E-state index contributed by atoms with van der Waals surface area (Å²) in [4.78, 5) is 12.6. The third-order valence-corrected chi connectivity index (χ3v) is 6.14. The van der Waals surface area contributed by atoms with E-state index in [1.807, 2.05) is 0 Å². The number of carbonyl (C=O) groups excluding carboxylic acids is 1. The van der Waals surface area contributed by atoms with Crippen LogP contribution in [0, 0.1) is 0 Å². The molecule has 2 N–H and O–H groups in total. The molecule has 162 valence electrons. The van der Waals surface area contributed by atoms with E-state index < -0.39 is 15.9 Å². The zero-order valence-electron chi connectivity index (χ0n) is 16.5. The number of methoxy groups -OCH3 is 2. The summed E-state index contributed by atoms with van der Waals surface area (Å²) in [5, 5.41) is 2.99. The minimum Gasteiger partial charge on any atom is -0.495 e. The molecule has 0 aromatic heterocycles. The quantitative estimate of drug-likeness (QED) is 0.492. The van der Waals surface area contributed by atoms with Crippen molar-refractivity contribution in [2.45, 2.75) is 4.90 Å². The lowest BCUT2D eigenvalue weighted by Gasteiger charge is -2.13. The van der Waals surface area contributed by atoms with Gasteiger partial charge in [0, 0.05) is 11.3 Å². The minimum absolute atomic E-state index is 0.0398. The van der Waals surface area contributed by atoms with Crippen molar-refractivity contribution in [2.75, 3.05) is 24.3 Å². The number of benzene rings is 3. The largest absolute Gasteiger partial charge is 0.495 e. The number of hydrogen-bond donors (Lipinski definition) is 2. The van der Waals surface area contributed by atoms with Gasteiger partial charge in [-0.2, -0.15) is 0 Å². The smallest absolute Gasteiger partial charge is 0.262 e. The molecule has 0 aliphatic rings. The van der Waals surface area contributed by atoms with Crippen LogP contribution in [0.1, 0.15) is 10.4 Å². The molecule has 0 spiro atoms. The first-order chi connectivity index (χ1) is 14.7. The standard InChI is InChI=1S/C21H18Cl2N2O5S/c1-29-19-9-4-3-8-18(19)25-31(27,28)15-7-5-6-14(12-15)24-21(26)13-10-16(22)20(30-2)17(23)11-13/h3-12,25H,1-2H3,(H,24,26). The van der Waals surface area contributed by atoms with Gasteiger partial charge in [0.05, 0.1) is 34.8 Å². The highest BCUT2D eigenvalue weighted by Crippen LogP contribution is 2.34. The number of hydrogen-bond acceptors (Lipinski definition) is 5. The van der Waals surface area contributed by atoms with Crippen molar-refractivity contribution >= 4 is 50.5 Å². The summed E-state index contributed by atoms with van der Waals surface area (Å²) in [5.41, 5.74) is 0.758. The van der Waals surface area contributed by atoms with E-state index in [1.54, 1.807) is 30.3 Å². The molecule has 0 aliphatic carbocycles. The third kappa shape index (κ3) is 5.22. The second-order valence-corrected chi connectivity index (χ2v) is 8.76. The Hall–Kier alpha value is -2.94. The first kappa shape index (κ1) is 22.7. The molecule has 31 heavy (non-hydrogen) atoms. The van der Waals surface area contributed by atoms with Crippen molar-refractivity contribution in [1.29, 1.82) is 0 Å². The fourth-order valence-electron chi connectivity index (χ4n) is 2.76. The van der Waals surface area contributed by atoms with Crippen molar-refractivity contribution in [2.24, 2.45) is 0 Å². The normalized spacial score (nSPS) is 11.0. The Morgan fingerprint density at radius 3 is 2.23 bits per heavy atom. The van der Waals surface area contributed by atoms with Gasteiger partial charge in [-0.3, -0.25) is 9.52 Å². The van der Waals surface area contributed by atoms with E-state index in [0.717, 1.165) is 0 Å². The number of halogens is 2.